The summed E-state index contributed by atoms with van der Waals surface area (Å²) in [7, 11) is 0. The number of carbonyl (C=O) groups is 1. The number of hydrogen-bond acceptors (Lipinski definition) is 3. The Kier molecular flexibility index (Phi) is 4.89. The van der Waals surface area contributed by atoms with E-state index >= 15 is 0 Å². The van der Waals surface area contributed by atoms with Gasteiger partial charge in [0.1, 0.15) is 0 Å². The quantitative estimate of drug-likeness (QED) is 0.783. The number of aromatic nitrogens is 2. The Morgan fingerprint density at radius 2 is 1.82 bits per heavy atom. The maximum absolute atomic E-state index is 13.7. The molecule has 2 saturated heterocycles. The summed E-state index contributed by atoms with van der Waals surface area (Å²) in [5, 5.41) is 9.10. The number of nitrogens with one attached hydrogen (secondary N) is 1. The Morgan fingerprint density at radius 1 is 1.04 bits per heavy atom. The van der Waals surface area contributed by atoms with E-state index in [2.05, 4.69) is 10.2 Å². The Bertz CT molecular complexity index is 861. The van der Waals surface area contributed by atoms with Crippen LogP contribution in [0.2, 0.25) is 5.02 Å². The molecule has 2 atom stereocenters. The lowest BCUT2D eigenvalue weighted by atomic mass is 10.1. The Labute approximate surface area is 171 Å². The number of benzene rings is 1. The first-order valence-electron chi connectivity index (χ1n) is 10.6. The second-order valence-electron chi connectivity index (χ2n) is 8.31. The topological polar surface area (TPSA) is 50.2 Å². The van der Waals surface area contributed by atoms with Gasteiger partial charge in [-0.3, -0.25) is 4.79 Å². The molecule has 0 saturated carbocycles. The van der Waals surface area contributed by atoms with Crippen LogP contribution in [0.3, 0.4) is 0 Å². The molecule has 2 unspecified atom stereocenters. The van der Waals surface area contributed by atoms with Gasteiger partial charge in [-0.2, -0.15) is 5.10 Å². The third kappa shape index (κ3) is 3.15. The highest BCUT2D eigenvalue weighted by Crippen LogP contribution is 2.33. The SMILES string of the molecule is O=C(c1nn(-c2ccc(Cl)cc2)c2c1CCCCC2)N1C2CCNCC1CC2. The van der Waals surface area contributed by atoms with Crippen LogP contribution in [0.25, 0.3) is 5.69 Å². The maximum atomic E-state index is 13.7. The number of amides is 1. The molecule has 5 nitrogen and oxygen atoms in total. The minimum Gasteiger partial charge on any atom is -0.330 e. The highest BCUT2D eigenvalue weighted by Gasteiger charge is 2.40. The third-order valence-electron chi connectivity index (χ3n) is 6.59. The lowest BCUT2D eigenvalue weighted by molar-refractivity contribution is 0.0672. The monoisotopic (exact) mass is 398 g/mol. The van der Waals surface area contributed by atoms with Crippen LogP contribution in [0.5, 0.6) is 0 Å². The third-order valence-corrected chi connectivity index (χ3v) is 6.84. The van der Waals surface area contributed by atoms with Gasteiger partial charge < -0.3 is 10.2 Å². The van der Waals surface area contributed by atoms with E-state index in [9.17, 15) is 4.79 Å². The van der Waals surface area contributed by atoms with Gasteiger partial charge in [-0.1, -0.05) is 18.0 Å². The van der Waals surface area contributed by atoms with Crippen molar-refractivity contribution in [2.45, 2.75) is 63.5 Å². The van der Waals surface area contributed by atoms with Gasteiger partial charge >= 0.3 is 0 Å². The van der Waals surface area contributed by atoms with E-state index in [4.69, 9.17) is 16.7 Å². The number of nitrogens with zero attached hydrogens (tertiary/aromatic N) is 3. The molecule has 0 spiro atoms. The minimum absolute atomic E-state index is 0.141. The molecular weight excluding hydrogens is 372 g/mol. The van der Waals surface area contributed by atoms with E-state index in [0.717, 1.165) is 63.7 Å². The first-order chi connectivity index (χ1) is 13.7. The number of hydrogen-bond donors (Lipinski definition) is 1. The molecule has 2 aromatic rings. The fraction of sp³-hybridized carbons (Fsp3) is 0.545. The molecule has 1 aromatic heterocycles. The van der Waals surface area contributed by atoms with Crippen LogP contribution in [0.4, 0.5) is 0 Å². The van der Waals surface area contributed by atoms with Gasteiger partial charge in [0.15, 0.2) is 5.69 Å². The summed E-state index contributed by atoms with van der Waals surface area (Å²) in [6.07, 6.45) is 8.69. The molecule has 2 aliphatic heterocycles. The van der Waals surface area contributed by atoms with Gasteiger partial charge in [0, 0.05) is 34.9 Å². The van der Waals surface area contributed by atoms with Gasteiger partial charge in [0.05, 0.1) is 5.69 Å². The van der Waals surface area contributed by atoms with E-state index in [-0.39, 0.29) is 5.91 Å². The van der Waals surface area contributed by atoms with Crippen LogP contribution >= 0.6 is 11.6 Å². The molecule has 2 fully saturated rings. The molecule has 1 aliphatic carbocycles. The fourth-order valence-corrected chi connectivity index (χ4v) is 5.31. The zero-order chi connectivity index (χ0) is 19.1. The van der Waals surface area contributed by atoms with Gasteiger partial charge in [0.25, 0.3) is 5.91 Å². The zero-order valence-electron chi connectivity index (χ0n) is 16.2. The Balaban J connectivity index is 1.57. The molecule has 28 heavy (non-hydrogen) atoms. The van der Waals surface area contributed by atoms with Gasteiger partial charge in [-0.05, 0) is 75.8 Å². The van der Waals surface area contributed by atoms with Crippen molar-refractivity contribution in [2.24, 2.45) is 0 Å². The van der Waals surface area contributed by atoms with Crippen molar-refractivity contribution >= 4 is 17.5 Å². The molecule has 6 heteroatoms. The predicted octanol–water partition coefficient (Wildman–Crippen LogP) is 3.76. The summed E-state index contributed by atoms with van der Waals surface area (Å²) >= 11 is 6.08. The molecule has 3 aliphatic rings. The lowest BCUT2D eigenvalue weighted by Gasteiger charge is -2.27. The van der Waals surface area contributed by atoms with Gasteiger partial charge in [0.2, 0.25) is 0 Å². The number of fused-ring (bicyclic) bond motifs is 3. The highest BCUT2D eigenvalue weighted by molar-refractivity contribution is 6.30. The zero-order valence-corrected chi connectivity index (χ0v) is 16.9. The average molecular weight is 399 g/mol. The molecule has 1 aromatic carbocycles. The minimum atomic E-state index is 0.141. The Hall–Kier alpha value is -1.85. The van der Waals surface area contributed by atoms with Crippen molar-refractivity contribution in [1.29, 1.82) is 0 Å². The first kappa shape index (κ1) is 18.2. The largest absolute Gasteiger partial charge is 0.330 e. The Morgan fingerprint density at radius 3 is 2.68 bits per heavy atom. The highest BCUT2D eigenvalue weighted by atomic mass is 35.5. The van der Waals surface area contributed by atoms with E-state index in [1.165, 1.54) is 17.7 Å². The van der Waals surface area contributed by atoms with Crippen LogP contribution in [0.1, 0.15) is 60.3 Å². The summed E-state index contributed by atoms with van der Waals surface area (Å²) in [5.74, 6) is 0.141. The summed E-state index contributed by atoms with van der Waals surface area (Å²) < 4.78 is 2.00. The molecule has 1 N–H and O–H groups in total. The van der Waals surface area contributed by atoms with Crippen LogP contribution < -0.4 is 5.32 Å². The number of carbonyl (C=O) groups excluding carboxylic acids is 1. The van der Waals surface area contributed by atoms with Crippen molar-refractivity contribution < 1.29 is 4.79 Å². The van der Waals surface area contributed by atoms with Crippen LogP contribution in [-0.2, 0) is 12.8 Å². The first-order valence-corrected chi connectivity index (χ1v) is 11.0. The summed E-state index contributed by atoms with van der Waals surface area (Å²) in [6, 6.07) is 8.44. The van der Waals surface area contributed by atoms with Crippen molar-refractivity contribution in [2.75, 3.05) is 13.1 Å². The molecule has 148 valence electrons. The van der Waals surface area contributed by atoms with E-state index in [1.807, 2.05) is 28.9 Å². The van der Waals surface area contributed by atoms with Crippen LogP contribution in [-0.4, -0.2) is 45.8 Å². The predicted molar refractivity (Wildman–Crippen MR) is 110 cm³/mol. The molecular formula is C22H27ClN4O. The van der Waals surface area contributed by atoms with Crippen LogP contribution in [0, 0.1) is 0 Å². The van der Waals surface area contributed by atoms with Crippen molar-refractivity contribution in [1.82, 2.24) is 20.0 Å². The van der Waals surface area contributed by atoms with Gasteiger partial charge in [-0.15, -0.1) is 0 Å². The molecule has 3 heterocycles. The normalized spacial score (nSPS) is 24.5. The van der Waals surface area contributed by atoms with Gasteiger partial charge in [-0.25, -0.2) is 4.68 Å². The average Bonchev–Trinajstić information content (AvgIpc) is 3.06. The summed E-state index contributed by atoms with van der Waals surface area (Å²) in [6.45, 7) is 1.91. The van der Waals surface area contributed by atoms with E-state index in [1.54, 1.807) is 0 Å². The second kappa shape index (κ2) is 7.53. The lowest BCUT2D eigenvalue weighted by Crippen LogP contribution is -2.43. The van der Waals surface area contributed by atoms with E-state index in [0.29, 0.717) is 22.8 Å². The standard InChI is InChI=1S/C22H27ClN4O/c23-15-6-8-17(9-7-15)27-20-5-3-1-2-4-19(20)21(25-27)22(28)26-16-10-11-18(26)14-24-13-12-16/h6-9,16,18,24H,1-5,10-14H2. The maximum Gasteiger partial charge on any atom is 0.275 e. The van der Waals surface area contributed by atoms with Crippen molar-refractivity contribution in [3.8, 4) is 5.69 Å². The second-order valence-corrected chi connectivity index (χ2v) is 8.75. The molecule has 1 amide bonds. The van der Waals surface area contributed by atoms with Crippen molar-refractivity contribution in [3.05, 3.63) is 46.2 Å². The summed E-state index contributed by atoms with van der Waals surface area (Å²) in [5.41, 5.74) is 4.06. The van der Waals surface area contributed by atoms with Crippen molar-refractivity contribution in [3.63, 3.8) is 0 Å². The number of halogens is 1. The molecule has 5 rings (SSSR count). The smallest absolute Gasteiger partial charge is 0.275 e. The van der Waals surface area contributed by atoms with Crippen LogP contribution in [0.15, 0.2) is 24.3 Å². The summed E-state index contributed by atoms with van der Waals surface area (Å²) in [4.78, 5) is 15.9. The number of rotatable bonds is 2. The molecule has 2 bridgehead atoms. The fourth-order valence-electron chi connectivity index (χ4n) is 5.18. The van der Waals surface area contributed by atoms with E-state index < -0.39 is 0 Å². The molecule has 0 radical (unpaired) electrons.